The molecule has 18 heavy (non-hydrogen) atoms. The molecule has 2 aromatic rings. The molecule has 1 unspecified atom stereocenters. The number of rotatable bonds is 4. The molecule has 8 heteroatoms. The molecule has 1 aliphatic heterocycles. The summed E-state index contributed by atoms with van der Waals surface area (Å²) >= 11 is 0. The van der Waals surface area contributed by atoms with Crippen LogP contribution in [0.25, 0.3) is 0 Å². The number of H-pyrrole nitrogens is 1. The fourth-order valence-corrected chi connectivity index (χ4v) is 1.82. The molecule has 0 spiro atoms. The Morgan fingerprint density at radius 1 is 1.44 bits per heavy atom. The number of hydrogen-bond donors (Lipinski definition) is 4. The highest BCUT2D eigenvalue weighted by Gasteiger charge is 2.22. The molecule has 1 amide bonds. The van der Waals surface area contributed by atoms with Gasteiger partial charge >= 0.3 is 6.03 Å². The largest absolute Gasteiger partial charge is 0.348 e. The molecule has 2 aromatic heterocycles. The Kier molecular flexibility index (Phi) is 2.69. The third kappa shape index (κ3) is 2.05. The number of nitrogens with one attached hydrogen (secondary N) is 4. The Labute approximate surface area is 103 Å². The molecular formula is C10H13N7O. The van der Waals surface area contributed by atoms with E-state index in [9.17, 15) is 4.79 Å². The zero-order chi connectivity index (χ0) is 12.4. The molecule has 0 saturated heterocycles. The molecule has 8 nitrogen and oxygen atoms in total. The van der Waals surface area contributed by atoms with Crippen molar-refractivity contribution in [2.75, 3.05) is 11.9 Å². The molecule has 0 aromatic carbocycles. The Balaban J connectivity index is 1.54. The molecule has 0 aliphatic carbocycles. The molecule has 3 heterocycles. The summed E-state index contributed by atoms with van der Waals surface area (Å²) in [6.45, 7) is 0.717. The van der Waals surface area contributed by atoms with Gasteiger partial charge in [-0.1, -0.05) is 0 Å². The summed E-state index contributed by atoms with van der Waals surface area (Å²) in [5, 5.41) is 13.0. The molecule has 3 rings (SSSR count). The third-order valence-corrected chi connectivity index (χ3v) is 2.69. The average Bonchev–Trinajstić information content (AvgIpc) is 2.99. The standard InChI is InChI=1S/C10H13N7O/c18-10-16-9(15-8-2-4-14-17(8)10)12-3-1-7-5-11-6-13-7/h2,4-6,9,12,15H,1,3H2,(H,11,13)(H,16,18). The van der Waals surface area contributed by atoms with Crippen molar-refractivity contribution in [2.24, 2.45) is 0 Å². The Morgan fingerprint density at radius 2 is 2.39 bits per heavy atom. The van der Waals surface area contributed by atoms with Gasteiger partial charge in [0.1, 0.15) is 5.82 Å². The lowest BCUT2D eigenvalue weighted by Gasteiger charge is -2.26. The van der Waals surface area contributed by atoms with Gasteiger partial charge in [0, 0.05) is 30.9 Å². The fraction of sp³-hybridized carbons (Fsp3) is 0.300. The van der Waals surface area contributed by atoms with Crippen LogP contribution in [0.4, 0.5) is 10.6 Å². The van der Waals surface area contributed by atoms with Gasteiger partial charge in [-0.3, -0.25) is 5.32 Å². The molecule has 1 atom stereocenters. The van der Waals surface area contributed by atoms with Gasteiger partial charge in [-0.15, -0.1) is 0 Å². The van der Waals surface area contributed by atoms with Crippen molar-refractivity contribution in [3.63, 3.8) is 0 Å². The first-order valence-corrected chi connectivity index (χ1v) is 5.65. The number of anilines is 1. The number of amides is 1. The van der Waals surface area contributed by atoms with Crippen molar-refractivity contribution in [3.8, 4) is 0 Å². The second kappa shape index (κ2) is 4.49. The van der Waals surface area contributed by atoms with E-state index < -0.39 is 0 Å². The predicted octanol–water partition coefficient (Wildman–Crippen LogP) is -0.295. The van der Waals surface area contributed by atoms with Crippen molar-refractivity contribution in [2.45, 2.75) is 12.7 Å². The first-order valence-electron chi connectivity index (χ1n) is 5.65. The minimum atomic E-state index is -0.287. The van der Waals surface area contributed by atoms with E-state index in [1.165, 1.54) is 4.68 Å². The topological polar surface area (TPSA) is 99.7 Å². The lowest BCUT2D eigenvalue weighted by molar-refractivity contribution is 0.232. The molecule has 0 radical (unpaired) electrons. The van der Waals surface area contributed by atoms with Crippen molar-refractivity contribution in [3.05, 3.63) is 30.5 Å². The summed E-state index contributed by atoms with van der Waals surface area (Å²) in [6, 6.07) is 1.51. The van der Waals surface area contributed by atoms with Gasteiger partial charge in [0.05, 0.1) is 12.5 Å². The Morgan fingerprint density at radius 3 is 3.22 bits per heavy atom. The lowest BCUT2D eigenvalue weighted by Crippen LogP contribution is -2.56. The number of aromatic nitrogens is 4. The number of carbonyl (C=O) groups excluding carboxylic acids is 1. The minimum Gasteiger partial charge on any atom is -0.348 e. The van der Waals surface area contributed by atoms with Gasteiger partial charge < -0.3 is 15.6 Å². The van der Waals surface area contributed by atoms with Crippen LogP contribution in [0.2, 0.25) is 0 Å². The quantitative estimate of drug-likeness (QED) is 0.594. The van der Waals surface area contributed by atoms with Crippen LogP contribution >= 0.6 is 0 Å². The zero-order valence-electron chi connectivity index (χ0n) is 9.55. The van der Waals surface area contributed by atoms with Gasteiger partial charge in [0.2, 0.25) is 0 Å². The number of fused-ring (bicyclic) bond motifs is 1. The van der Waals surface area contributed by atoms with E-state index in [1.54, 1.807) is 24.8 Å². The van der Waals surface area contributed by atoms with E-state index in [4.69, 9.17) is 0 Å². The number of carbonyl (C=O) groups is 1. The van der Waals surface area contributed by atoms with Crippen LogP contribution in [-0.2, 0) is 6.42 Å². The van der Waals surface area contributed by atoms with Crippen LogP contribution in [0.1, 0.15) is 5.69 Å². The minimum absolute atomic E-state index is 0.243. The molecule has 4 N–H and O–H groups in total. The second-order valence-corrected chi connectivity index (χ2v) is 3.94. The number of hydrogen-bond acceptors (Lipinski definition) is 5. The van der Waals surface area contributed by atoms with E-state index in [2.05, 4.69) is 31.0 Å². The Hall–Kier alpha value is -2.35. The molecule has 0 bridgehead atoms. The molecule has 0 saturated carbocycles. The van der Waals surface area contributed by atoms with Crippen LogP contribution < -0.4 is 16.0 Å². The van der Waals surface area contributed by atoms with E-state index in [0.717, 1.165) is 12.1 Å². The summed E-state index contributed by atoms with van der Waals surface area (Å²) in [7, 11) is 0. The SMILES string of the molecule is O=C1NC(NCCc2cnc[nH]2)Nc2ccnn21. The maximum Gasteiger partial charge on any atom is 0.346 e. The summed E-state index contributed by atoms with van der Waals surface area (Å²) in [5.74, 6) is 0.679. The van der Waals surface area contributed by atoms with Crippen molar-refractivity contribution >= 4 is 11.8 Å². The van der Waals surface area contributed by atoms with Crippen LogP contribution in [0.15, 0.2) is 24.8 Å². The normalized spacial score (nSPS) is 18.0. The van der Waals surface area contributed by atoms with Gasteiger partial charge in [-0.2, -0.15) is 9.78 Å². The predicted molar refractivity (Wildman–Crippen MR) is 63.9 cm³/mol. The van der Waals surface area contributed by atoms with Gasteiger partial charge in [0.25, 0.3) is 0 Å². The number of aromatic amines is 1. The van der Waals surface area contributed by atoms with E-state index in [-0.39, 0.29) is 12.3 Å². The van der Waals surface area contributed by atoms with E-state index >= 15 is 0 Å². The fourth-order valence-electron chi connectivity index (χ4n) is 1.82. The summed E-state index contributed by atoms with van der Waals surface area (Å²) in [5.41, 5.74) is 1.05. The first kappa shape index (κ1) is 10.8. The zero-order valence-corrected chi connectivity index (χ0v) is 9.55. The summed E-state index contributed by atoms with van der Waals surface area (Å²) in [4.78, 5) is 18.6. The summed E-state index contributed by atoms with van der Waals surface area (Å²) < 4.78 is 1.28. The number of nitrogens with zero attached hydrogens (tertiary/aromatic N) is 3. The highest BCUT2D eigenvalue weighted by molar-refractivity contribution is 5.81. The monoisotopic (exact) mass is 247 g/mol. The van der Waals surface area contributed by atoms with Gasteiger partial charge in [0.15, 0.2) is 6.29 Å². The van der Waals surface area contributed by atoms with Crippen molar-refractivity contribution in [1.29, 1.82) is 0 Å². The van der Waals surface area contributed by atoms with Crippen LogP contribution in [0.3, 0.4) is 0 Å². The maximum atomic E-state index is 11.6. The second-order valence-electron chi connectivity index (χ2n) is 3.94. The smallest absolute Gasteiger partial charge is 0.346 e. The maximum absolute atomic E-state index is 11.6. The highest BCUT2D eigenvalue weighted by atomic mass is 16.2. The van der Waals surface area contributed by atoms with E-state index in [1.807, 2.05) is 0 Å². The summed E-state index contributed by atoms with van der Waals surface area (Å²) in [6.07, 6.45) is 5.53. The van der Waals surface area contributed by atoms with E-state index in [0.29, 0.717) is 12.4 Å². The molecular weight excluding hydrogens is 234 g/mol. The van der Waals surface area contributed by atoms with Crippen molar-refractivity contribution < 1.29 is 4.79 Å². The highest BCUT2D eigenvalue weighted by Crippen LogP contribution is 2.09. The van der Waals surface area contributed by atoms with Crippen LogP contribution in [-0.4, -0.2) is 38.6 Å². The lowest BCUT2D eigenvalue weighted by atomic mass is 10.3. The van der Waals surface area contributed by atoms with Crippen LogP contribution in [0, 0.1) is 0 Å². The van der Waals surface area contributed by atoms with Crippen LogP contribution in [0.5, 0.6) is 0 Å². The molecule has 94 valence electrons. The average molecular weight is 247 g/mol. The Bertz CT molecular complexity index is 532. The van der Waals surface area contributed by atoms with Crippen molar-refractivity contribution in [1.82, 2.24) is 30.4 Å². The molecule has 1 aliphatic rings. The van der Waals surface area contributed by atoms with Gasteiger partial charge in [-0.05, 0) is 0 Å². The molecule has 0 fully saturated rings. The third-order valence-electron chi connectivity index (χ3n) is 2.69. The number of imidazole rings is 1. The first-order chi connectivity index (χ1) is 8.83. The van der Waals surface area contributed by atoms with Gasteiger partial charge in [-0.25, -0.2) is 9.78 Å².